The summed E-state index contributed by atoms with van der Waals surface area (Å²) in [5, 5.41) is 15.0. The van der Waals surface area contributed by atoms with Crippen molar-refractivity contribution in [3.05, 3.63) is 52.6 Å². The van der Waals surface area contributed by atoms with Crippen LogP contribution in [-0.4, -0.2) is 28.4 Å². The van der Waals surface area contributed by atoms with Gasteiger partial charge in [-0.05, 0) is 24.3 Å². The van der Waals surface area contributed by atoms with Crippen LogP contribution in [-0.2, 0) is 0 Å². The van der Waals surface area contributed by atoms with Crippen molar-refractivity contribution in [2.75, 3.05) is 23.8 Å². The fraction of sp³-hybridized carbons (Fsp3) is 0.118. The summed E-state index contributed by atoms with van der Waals surface area (Å²) in [7, 11) is 0. The van der Waals surface area contributed by atoms with Gasteiger partial charge < -0.3 is 20.1 Å². The predicted molar refractivity (Wildman–Crippen MR) is 100 cm³/mol. The van der Waals surface area contributed by atoms with Crippen LogP contribution in [0.15, 0.2) is 42.6 Å². The van der Waals surface area contributed by atoms with Gasteiger partial charge in [0.05, 0.1) is 21.9 Å². The van der Waals surface area contributed by atoms with E-state index in [0.717, 1.165) is 11.4 Å². The van der Waals surface area contributed by atoms with Crippen LogP contribution in [0, 0.1) is 0 Å². The molecule has 9 heteroatoms. The molecule has 0 atom stereocenters. The molecule has 1 aliphatic rings. The zero-order valence-corrected chi connectivity index (χ0v) is 14.9. The van der Waals surface area contributed by atoms with E-state index in [1.54, 1.807) is 18.2 Å². The normalized spacial score (nSPS) is 12.5. The summed E-state index contributed by atoms with van der Waals surface area (Å²) in [5.74, 6) is 2.17. The van der Waals surface area contributed by atoms with E-state index < -0.39 is 0 Å². The SMILES string of the molecule is Clc1cccc(Cl)c1Nc1nncc(Nc2ccc3c(c2)OCCO3)n1. The van der Waals surface area contributed by atoms with Gasteiger partial charge in [-0.15, -0.1) is 5.10 Å². The quantitative estimate of drug-likeness (QED) is 0.682. The number of hydrogen-bond acceptors (Lipinski definition) is 7. The van der Waals surface area contributed by atoms with E-state index in [0.29, 0.717) is 40.5 Å². The van der Waals surface area contributed by atoms with Crippen LogP contribution in [0.5, 0.6) is 11.5 Å². The van der Waals surface area contributed by atoms with Crippen LogP contribution >= 0.6 is 23.2 Å². The van der Waals surface area contributed by atoms with Crippen LogP contribution in [0.4, 0.5) is 23.1 Å². The average molecular weight is 390 g/mol. The third kappa shape index (κ3) is 3.58. The number of para-hydroxylation sites is 1. The van der Waals surface area contributed by atoms with Crippen molar-refractivity contribution >= 4 is 46.3 Å². The third-order valence-corrected chi connectivity index (χ3v) is 4.20. The zero-order chi connectivity index (χ0) is 17.9. The molecular weight excluding hydrogens is 377 g/mol. The van der Waals surface area contributed by atoms with E-state index in [-0.39, 0.29) is 5.95 Å². The van der Waals surface area contributed by atoms with Crippen molar-refractivity contribution < 1.29 is 9.47 Å². The highest BCUT2D eigenvalue weighted by atomic mass is 35.5. The van der Waals surface area contributed by atoms with E-state index in [9.17, 15) is 0 Å². The van der Waals surface area contributed by atoms with Gasteiger partial charge in [0, 0.05) is 11.8 Å². The van der Waals surface area contributed by atoms with Crippen LogP contribution in [0.1, 0.15) is 0 Å². The first-order chi connectivity index (χ1) is 12.7. The molecule has 0 aliphatic carbocycles. The van der Waals surface area contributed by atoms with E-state index >= 15 is 0 Å². The van der Waals surface area contributed by atoms with Crippen LogP contribution in [0.3, 0.4) is 0 Å². The number of ether oxygens (including phenoxy) is 2. The third-order valence-electron chi connectivity index (χ3n) is 3.57. The van der Waals surface area contributed by atoms with E-state index in [2.05, 4.69) is 25.8 Å². The highest BCUT2D eigenvalue weighted by Gasteiger charge is 2.13. The van der Waals surface area contributed by atoms with Gasteiger partial charge in [-0.1, -0.05) is 29.3 Å². The second-order valence-corrected chi connectivity index (χ2v) is 6.18. The number of halogens is 2. The van der Waals surface area contributed by atoms with Gasteiger partial charge in [-0.25, -0.2) is 0 Å². The molecular formula is C17H13Cl2N5O2. The summed E-state index contributed by atoms with van der Waals surface area (Å²) < 4.78 is 11.1. The van der Waals surface area contributed by atoms with Gasteiger partial charge in [0.1, 0.15) is 13.2 Å². The first-order valence-corrected chi connectivity index (χ1v) is 8.52. The lowest BCUT2D eigenvalue weighted by Crippen LogP contribution is -2.15. The molecule has 26 heavy (non-hydrogen) atoms. The van der Waals surface area contributed by atoms with Gasteiger partial charge in [0.25, 0.3) is 0 Å². The molecule has 1 aliphatic heterocycles. The molecule has 2 N–H and O–H groups in total. The number of nitrogens with zero attached hydrogens (tertiary/aromatic N) is 3. The second kappa shape index (κ2) is 7.23. The molecule has 0 amide bonds. The fourth-order valence-electron chi connectivity index (χ4n) is 2.41. The molecule has 4 rings (SSSR count). The number of benzene rings is 2. The minimum absolute atomic E-state index is 0.266. The minimum Gasteiger partial charge on any atom is -0.486 e. The minimum atomic E-state index is 0.266. The number of rotatable bonds is 4. The van der Waals surface area contributed by atoms with Crippen molar-refractivity contribution in [2.45, 2.75) is 0 Å². The van der Waals surface area contributed by atoms with Gasteiger partial charge >= 0.3 is 0 Å². The Morgan fingerprint density at radius 2 is 1.69 bits per heavy atom. The molecule has 1 aromatic heterocycles. The maximum atomic E-state index is 6.15. The van der Waals surface area contributed by atoms with Crippen molar-refractivity contribution in [3.63, 3.8) is 0 Å². The number of aromatic nitrogens is 3. The monoisotopic (exact) mass is 389 g/mol. The van der Waals surface area contributed by atoms with Crippen LogP contribution in [0.2, 0.25) is 10.0 Å². The van der Waals surface area contributed by atoms with Crippen LogP contribution in [0.25, 0.3) is 0 Å². The van der Waals surface area contributed by atoms with Crippen molar-refractivity contribution in [1.82, 2.24) is 15.2 Å². The van der Waals surface area contributed by atoms with E-state index in [1.165, 1.54) is 6.20 Å². The average Bonchev–Trinajstić information content (AvgIpc) is 2.65. The van der Waals surface area contributed by atoms with E-state index in [1.807, 2.05) is 18.2 Å². The Morgan fingerprint density at radius 1 is 0.923 bits per heavy atom. The second-order valence-electron chi connectivity index (χ2n) is 5.37. The molecule has 0 bridgehead atoms. The Balaban J connectivity index is 1.54. The Labute approximate surface area is 159 Å². The summed E-state index contributed by atoms with van der Waals surface area (Å²) >= 11 is 12.3. The zero-order valence-electron chi connectivity index (χ0n) is 13.4. The molecule has 0 saturated carbocycles. The molecule has 0 fully saturated rings. The molecule has 2 heterocycles. The van der Waals surface area contributed by atoms with Gasteiger partial charge in [0.15, 0.2) is 17.3 Å². The largest absolute Gasteiger partial charge is 0.486 e. The number of fused-ring (bicyclic) bond motifs is 1. The maximum Gasteiger partial charge on any atom is 0.249 e. The summed E-state index contributed by atoms with van der Waals surface area (Å²) in [5.41, 5.74) is 1.31. The lowest BCUT2D eigenvalue weighted by atomic mass is 10.2. The first kappa shape index (κ1) is 16.7. The van der Waals surface area contributed by atoms with Gasteiger partial charge in [0.2, 0.25) is 5.95 Å². The van der Waals surface area contributed by atoms with Crippen molar-refractivity contribution in [2.24, 2.45) is 0 Å². The van der Waals surface area contributed by atoms with Gasteiger partial charge in [-0.2, -0.15) is 10.1 Å². The predicted octanol–water partition coefficient (Wildman–Crippen LogP) is 4.44. The molecule has 0 radical (unpaired) electrons. The highest BCUT2D eigenvalue weighted by Crippen LogP contribution is 2.34. The molecule has 0 unspecified atom stereocenters. The molecule has 132 valence electrons. The lowest BCUT2D eigenvalue weighted by molar-refractivity contribution is 0.171. The summed E-state index contributed by atoms with van der Waals surface area (Å²) in [6.45, 7) is 1.08. The maximum absolute atomic E-state index is 6.15. The Hall–Kier alpha value is -2.77. The fourth-order valence-corrected chi connectivity index (χ4v) is 2.91. The first-order valence-electron chi connectivity index (χ1n) is 7.76. The van der Waals surface area contributed by atoms with Crippen LogP contribution < -0.4 is 20.1 Å². The van der Waals surface area contributed by atoms with Gasteiger partial charge in [-0.3, -0.25) is 0 Å². The number of hydrogen-bond donors (Lipinski definition) is 2. The number of anilines is 4. The number of nitrogens with one attached hydrogen (secondary N) is 2. The lowest BCUT2D eigenvalue weighted by Gasteiger charge is -2.19. The smallest absolute Gasteiger partial charge is 0.249 e. The summed E-state index contributed by atoms with van der Waals surface area (Å²) in [4.78, 5) is 4.37. The Kier molecular flexibility index (Phi) is 4.64. The molecule has 0 saturated heterocycles. The van der Waals surface area contributed by atoms with E-state index in [4.69, 9.17) is 32.7 Å². The molecule has 3 aromatic rings. The van der Waals surface area contributed by atoms with Crippen molar-refractivity contribution in [3.8, 4) is 11.5 Å². The molecule has 0 spiro atoms. The summed E-state index contributed by atoms with van der Waals surface area (Å²) in [6.07, 6.45) is 1.51. The Bertz CT molecular complexity index is 934. The van der Waals surface area contributed by atoms with Crippen molar-refractivity contribution in [1.29, 1.82) is 0 Å². The standard InChI is InChI=1S/C17H13Cl2N5O2/c18-11-2-1-3-12(19)16(11)23-17-22-15(9-20-24-17)21-10-4-5-13-14(8-10)26-7-6-25-13/h1-5,8-9H,6-7H2,(H2,21,22,23,24). The Morgan fingerprint density at radius 3 is 2.50 bits per heavy atom. The molecule has 7 nitrogen and oxygen atoms in total. The highest BCUT2D eigenvalue weighted by molar-refractivity contribution is 6.39. The summed E-state index contributed by atoms with van der Waals surface area (Å²) in [6, 6.07) is 10.8. The topological polar surface area (TPSA) is 81.2 Å². The molecule has 2 aromatic carbocycles.